The Bertz CT molecular complexity index is 938. The summed E-state index contributed by atoms with van der Waals surface area (Å²) in [4.78, 5) is 21.7. The molecule has 0 amide bonds. The molecule has 0 radical (unpaired) electrons. The summed E-state index contributed by atoms with van der Waals surface area (Å²) in [5, 5.41) is 3.41. The van der Waals surface area contributed by atoms with Gasteiger partial charge in [-0.15, -0.1) is 0 Å². The lowest BCUT2D eigenvalue weighted by molar-refractivity contribution is 0.590. The molecular weight excluding hydrogens is 302 g/mol. The van der Waals surface area contributed by atoms with E-state index in [1.807, 2.05) is 42.5 Å². The van der Waals surface area contributed by atoms with Gasteiger partial charge in [0.15, 0.2) is 11.6 Å². The van der Waals surface area contributed by atoms with Crippen molar-refractivity contribution in [2.45, 2.75) is 25.9 Å². The zero-order valence-corrected chi connectivity index (χ0v) is 13.7. The average molecular weight is 321 g/mol. The van der Waals surface area contributed by atoms with Crippen LogP contribution in [0.25, 0.3) is 23.7 Å². The first-order valence-corrected chi connectivity index (χ1v) is 8.14. The second-order valence-corrected chi connectivity index (χ2v) is 6.05. The van der Waals surface area contributed by atoms with Gasteiger partial charge in [0.2, 0.25) is 0 Å². The number of fused-ring (bicyclic) bond motifs is 3. The Hall–Kier alpha value is -2.89. The van der Waals surface area contributed by atoms with Crippen LogP contribution in [0.3, 0.4) is 0 Å². The number of aromatic nitrogens is 4. The molecule has 24 heavy (non-hydrogen) atoms. The third kappa shape index (κ3) is 2.31. The molecule has 3 aliphatic heterocycles. The SMILES string of the molecule is CC[C@H]1Cn2c(c3nc(/C=C/c4ccccc4)nc-3n(C)c2=O)N1. The van der Waals surface area contributed by atoms with Crippen LogP contribution in [0, 0.1) is 0 Å². The summed E-state index contributed by atoms with van der Waals surface area (Å²) in [5.41, 5.74) is 1.78. The van der Waals surface area contributed by atoms with E-state index >= 15 is 0 Å². The van der Waals surface area contributed by atoms with Crippen LogP contribution < -0.4 is 11.0 Å². The third-order valence-electron chi connectivity index (χ3n) is 4.45. The summed E-state index contributed by atoms with van der Waals surface area (Å²) in [6.45, 7) is 2.78. The molecule has 1 aromatic carbocycles. The highest BCUT2D eigenvalue weighted by Gasteiger charge is 2.29. The molecule has 3 aliphatic rings. The fourth-order valence-corrected chi connectivity index (χ4v) is 3.05. The van der Waals surface area contributed by atoms with Crippen LogP contribution in [0.1, 0.15) is 24.7 Å². The standard InChI is InChI=1S/C18H19N5O/c1-3-13-11-23-17(19-13)15-16(22(2)18(23)24)21-14(20-15)10-9-12-7-5-4-6-8-12/h4-10,13,19H,3,11H2,1-2H3/b10-9+/t13-/m0/s1. The second kappa shape index (κ2) is 5.63. The molecule has 122 valence electrons. The number of hydrogen-bond acceptors (Lipinski definition) is 4. The molecule has 0 aliphatic carbocycles. The fraction of sp³-hybridized carbons (Fsp3) is 0.278. The highest BCUT2D eigenvalue weighted by atomic mass is 16.1. The van der Waals surface area contributed by atoms with Crippen LogP contribution in [-0.4, -0.2) is 25.1 Å². The molecule has 4 rings (SSSR count). The number of hydrogen-bond donors (Lipinski definition) is 1. The normalized spacial score (nSPS) is 16.7. The topological polar surface area (TPSA) is 64.7 Å². The van der Waals surface area contributed by atoms with Crippen molar-refractivity contribution in [2.75, 3.05) is 5.32 Å². The number of imidazole rings is 1. The summed E-state index contributed by atoms with van der Waals surface area (Å²) in [6, 6.07) is 10.3. The van der Waals surface area contributed by atoms with Crippen molar-refractivity contribution in [2.24, 2.45) is 7.05 Å². The lowest BCUT2D eigenvalue weighted by atomic mass is 10.2. The maximum Gasteiger partial charge on any atom is 0.331 e. The number of anilines is 1. The fourth-order valence-electron chi connectivity index (χ4n) is 3.05. The van der Waals surface area contributed by atoms with Gasteiger partial charge in [-0.25, -0.2) is 14.8 Å². The molecular formula is C18H19N5O. The summed E-state index contributed by atoms with van der Waals surface area (Å²) in [6.07, 6.45) is 4.81. The number of rotatable bonds is 3. The van der Waals surface area contributed by atoms with Gasteiger partial charge in [-0.1, -0.05) is 43.3 Å². The van der Waals surface area contributed by atoms with E-state index in [1.165, 1.54) is 0 Å². The first-order chi connectivity index (χ1) is 11.7. The Balaban J connectivity index is 1.79. The van der Waals surface area contributed by atoms with E-state index in [1.54, 1.807) is 16.2 Å². The minimum Gasteiger partial charge on any atom is -0.365 e. The minimum atomic E-state index is -0.0561. The molecule has 1 atom stereocenters. The average Bonchev–Trinajstić information content (AvgIpc) is 3.23. The van der Waals surface area contributed by atoms with Gasteiger partial charge in [-0.2, -0.15) is 0 Å². The zero-order chi connectivity index (χ0) is 16.7. The molecule has 1 aromatic rings. The van der Waals surface area contributed by atoms with Gasteiger partial charge in [0.05, 0.1) is 0 Å². The van der Waals surface area contributed by atoms with E-state index in [2.05, 4.69) is 22.2 Å². The van der Waals surface area contributed by atoms with Crippen molar-refractivity contribution in [3.63, 3.8) is 0 Å². The number of benzene rings is 1. The van der Waals surface area contributed by atoms with E-state index in [4.69, 9.17) is 0 Å². The molecule has 0 aromatic heterocycles. The molecule has 0 fully saturated rings. The van der Waals surface area contributed by atoms with Crippen LogP contribution in [0.15, 0.2) is 35.1 Å². The molecule has 3 heterocycles. The summed E-state index contributed by atoms with van der Waals surface area (Å²) in [5.74, 6) is 2.01. The van der Waals surface area contributed by atoms with Gasteiger partial charge in [0.1, 0.15) is 11.5 Å². The van der Waals surface area contributed by atoms with Crippen LogP contribution in [0.2, 0.25) is 0 Å². The maximum absolute atomic E-state index is 12.5. The Kier molecular flexibility index (Phi) is 3.45. The molecule has 6 nitrogen and oxygen atoms in total. The van der Waals surface area contributed by atoms with Crippen molar-refractivity contribution < 1.29 is 0 Å². The van der Waals surface area contributed by atoms with Gasteiger partial charge in [-0.3, -0.25) is 9.13 Å². The molecule has 0 bridgehead atoms. The quantitative estimate of drug-likeness (QED) is 0.805. The molecule has 0 spiro atoms. The van der Waals surface area contributed by atoms with Gasteiger partial charge >= 0.3 is 5.69 Å². The maximum atomic E-state index is 12.5. The van der Waals surface area contributed by atoms with Crippen LogP contribution >= 0.6 is 0 Å². The molecule has 0 saturated heterocycles. The lowest BCUT2D eigenvalue weighted by Crippen LogP contribution is -2.30. The summed E-state index contributed by atoms with van der Waals surface area (Å²) >= 11 is 0. The lowest BCUT2D eigenvalue weighted by Gasteiger charge is -2.10. The van der Waals surface area contributed by atoms with E-state index in [9.17, 15) is 4.79 Å². The van der Waals surface area contributed by atoms with Crippen molar-refractivity contribution >= 4 is 18.0 Å². The van der Waals surface area contributed by atoms with Crippen molar-refractivity contribution in [1.29, 1.82) is 0 Å². The minimum absolute atomic E-state index is 0.0561. The Labute approximate surface area is 139 Å². The molecule has 0 saturated carbocycles. The van der Waals surface area contributed by atoms with Crippen molar-refractivity contribution in [1.82, 2.24) is 19.1 Å². The van der Waals surface area contributed by atoms with Gasteiger partial charge in [-0.05, 0) is 18.1 Å². The van der Waals surface area contributed by atoms with Crippen molar-refractivity contribution in [3.05, 3.63) is 52.2 Å². The first-order valence-electron chi connectivity index (χ1n) is 8.14. The van der Waals surface area contributed by atoms with Gasteiger partial charge in [0, 0.05) is 19.6 Å². The van der Waals surface area contributed by atoms with Crippen LogP contribution in [0.5, 0.6) is 0 Å². The third-order valence-corrected chi connectivity index (χ3v) is 4.45. The summed E-state index contributed by atoms with van der Waals surface area (Å²) in [7, 11) is 1.75. The molecule has 1 N–H and O–H groups in total. The van der Waals surface area contributed by atoms with Crippen LogP contribution in [-0.2, 0) is 13.6 Å². The Morgan fingerprint density at radius 2 is 2.04 bits per heavy atom. The second-order valence-electron chi connectivity index (χ2n) is 6.05. The highest BCUT2D eigenvalue weighted by molar-refractivity contribution is 5.74. The monoisotopic (exact) mass is 321 g/mol. The van der Waals surface area contributed by atoms with E-state index in [0.717, 1.165) is 23.5 Å². The highest BCUT2D eigenvalue weighted by Crippen LogP contribution is 2.30. The van der Waals surface area contributed by atoms with Gasteiger partial charge < -0.3 is 5.32 Å². The predicted molar refractivity (Wildman–Crippen MR) is 95.0 cm³/mol. The zero-order valence-electron chi connectivity index (χ0n) is 13.7. The Morgan fingerprint density at radius 1 is 1.25 bits per heavy atom. The van der Waals surface area contributed by atoms with Crippen molar-refractivity contribution in [3.8, 4) is 11.5 Å². The van der Waals surface area contributed by atoms with Gasteiger partial charge in [0.25, 0.3) is 0 Å². The molecule has 0 unspecified atom stereocenters. The van der Waals surface area contributed by atoms with Crippen LogP contribution in [0.4, 0.5) is 5.82 Å². The first kappa shape index (κ1) is 14.7. The Morgan fingerprint density at radius 3 is 2.79 bits per heavy atom. The number of nitrogens with one attached hydrogen (secondary N) is 1. The largest absolute Gasteiger partial charge is 0.365 e. The summed E-state index contributed by atoms with van der Waals surface area (Å²) < 4.78 is 3.33. The van der Waals surface area contributed by atoms with E-state index in [-0.39, 0.29) is 11.7 Å². The van der Waals surface area contributed by atoms with E-state index in [0.29, 0.717) is 18.2 Å². The number of nitrogens with zero attached hydrogens (tertiary/aromatic N) is 4. The van der Waals surface area contributed by atoms with E-state index < -0.39 is 0 Å². The smallest absolute Gasteiger partial charge is 0.331 e. The predicted octanol–water partition coefficient (Wildman–Crippen LogP) is 2.46. The molecule has 6 heteroatoms.